The van der Waals surface area contributed by atoms with Gasteiger partial charge in [0.1, 0.15) is 5.82 Å². The van der Waals surface area contributed by atoms with Crippen molar-refractivity contribution in [2.75, 3.05) is 25.0 Å². The highest BCUT2D eigenvalue weighted by atomic mass is 32.1. The molecule has 4 rings (SSSR count). The van der Waals surface area contributed by atoms with Crippen molar-refractivity contribution in [1.82, 2.24) is 19.9 Å². The Morgan fingerprint density at radius 3 is 2.96 bits per heavy atom. The van der Waals surface area contributed by atoms with Crippen LogP contribution in [0.4, 0.5) is 5.82 Å². The molecule has 1 aliphatic rings. The molecule has 0 radical (unpaired) electrons. The first-order valence-corrected chi connectivity index (χ1v) is 8.22. The van der Waals surface area contributed by atoms with Crippen molar-refractivity contribution in [3.05, 3.63) is 47.9 Å². The molecular weight excluding hydrogens is 310 g/mol. The van der Waals surface area contributed by atoms with Gasteiger partial charge in [0.2, 0.25) is 0 Å². The van der Waals surface area contributed by atoms with Crippen LogP contribution in [-0.2, 0) is 0 Å². The van der Waals surface area contributed by atoms with Crippen molar-refractivity contribution < 1.29 is 4.79 Å². The molecule has 0 saturated carbocycles. The van der Waals surface area contributed by atoms with Gasteiger partial charge in [0.15, 0.2) is 0 Å². The molecule has 3 heterocycles. The molecule has 0 atom stereocenters. The quantitative estimate of drug-likeness (QED) is 0.737. The van der Waals surface area contributed by atoms with E-state index in [0.717, 1.165) is 29.1 Å². The zero-order chi connectivity index (χ0) is 15.8. The predicted molar refractivity (Wildman–Crippen MR) is 89.7 cm³/mol. The highest BCUT2D eigenvalue weighted by Crippen LogP contribution is 2.23. The number of fused-ring (bicyclic) bond motifs is 1. The third kappa shape index (κ3) is 2.53. The first-order valence-electron chi connectivity index (χ1n) is 7.34. The molecule has 0 unspecified atom stereocenters. The molecule has 1 amide bonds. The molecule has 1 aromatic carbocycles. The van der Waals surface area contributed by atoms with Gasteiger partial charge in [-0.1, -0.05) is 0 Å². The minimum atomic E-state index is 0.0455. The van der Waals surface area contributed by atoms with Crippen LogP contribution in [-0.4, -0.2) is 51.9 Å². The lowest BCUT2D eigenvalue weighted by Crippen LogP contribution is -2.60. The van der Waals surface area contributed by atoms with Crippen LogP contribution in [0.3, 0.4) is 0 Å². The number of carbonyl (C=O) groups is 1. The van der Waals surface area contributed by atoms with Gasteiger partial charge in [0, 0.05) is 38.1 Å². The maximum Gasteiger partial charge on any atom is 0.254 e. The number of nitrogens with zero attached hydrogens (tertiary/aromatic N) is 5. The van der Waals surface area contributed by atoms with Gasteiger partial charge >= 0.3 is 0 Å². The first-order chi connectivity index (χ1) is 11.2. The number of aromatic nitrogens is 3. The summed E-state index contributed by atoms with van der Waals surface area (Å²) in [6, 6.07) is 5.87. The summed E-state index contributed by atoms with van der Waals surface area (Å²) in [5.74, 6) is 0.903. The second-order valence-corrected chi connectivity index (χ2v) is 6.46. The van der Waals surface area contributed by atoms with E-state index in [4.69, 9.17) is 0 Å². The number of thiazole rings is 1. The molecule has 2 aromatic heterocycles. The highest BCUT2D eigenvalue weighted by Gasteiger charge is 2.33. The zero-order valence-corrected chi connectivity index (χ0v) is 13.4. The Balaban J connectivity index is 1.45. The Morgan fingerprint density at radius 1 is 1.30 bits per heavy atom. The number of hydrogen-bond acceptors (Lipinski definition) is 6. The van der Waals surface area contributed by atoms with Crippen molar-refractivity contribution in [3.8, 4) is 0 Å². The van der Waals surface area contributed by atoms with E-state index in [1.165, 1.54) is 0 Å². The van der Waals surface area contributed by atoms with Crippen LogP contribution < -0.4 is 4.90 Å². The second kappa shape index (κ2) is 5.58. The van der Waals surface area contributed by atoms with Gasteiger partial charge in [-0.25, -0.2) is 9.97 Å². The van der Waals surface area contributed by atoms with Crippen molar-refractivity contribution in [1.29, 1.82) is 0 Å². The third-order valence-electron chi connectivity index (χ3n) is 4.18. The van der Waals surface area contributed by atoms with E-state index in [9.17, 15) is 4.79 Å². The number of likely N-dealkylation sites (N-methyl/N-ethyl adjacent to an activating group) is 1. The average molecular weight is 325 g/mol. The zero-order valence-electron chi connectivity index (χ0n) is 12.6. The minimum Gasteiger partial charge on any atom is -0.351 e. The predicted octanol–water partition coefficient (Wildman–Crippen LogP) is 2.05. The second-order valence-electron chi connectivity index (χ2n) is 5.57. The summed E-state index contributed by atoms with van der Waals surface area (Å²) in [6.07, 6.45) is 5.09. The monoisotopic (exact) mass is 325 g/mol. The molecule has 1 saturated heterocycles. The molecule has 6 nitrogen and oxygen atoms in total. The van der Waals surface area contributed by atoms with E-state index in [-0.39, 0.29) is 11.9 Å². The van der Waals surface area contributed by atoms with Crippen molar-refractivity contribution >= 4 is 33.3 Å². The molecule has 1 fully saturated rings. The molecule has 116 valence electrons. The van der Waals surface area contributed by atoms with Crippen molar-refractivity contribution in [3.63, 3.8) is 0 Å². The lowest BCUT2D eigenvalue weighted by atomic mass is 10.1. The van der Waals surface area contributed by atoms with E-state index < -0.39 is 0 Å². The van der Waals surface area contributed by atoms with Crippen molar-refractivity contribution in [2.24, 2.45) is 0 Å². The van der Waals surface area contributed by atoms with Crippen LogP contribution in [0, 0.1) is 0 Å². The molecule has 7 heteroatoms. The van der Waals surface area contributed by atoms with E-state index in [1.807, 2.05) is 30.1 Å². The van der Waals surface area contributed by atoms with Gasteiger partial charge in [-0.2, -0.15) is 0 Å². The summed E-state index contributed by atoms with van der Waals surface area (Å²) in [7, 11) is 1.86. The first kappa shape index (κ1) is 14.1. The Labute approximate surface area is 137 Å². The lowest BCUT2D eigenvalue weighted by molar-refractivity contribution is 0.0705. The smallest absolute Gasteiger partial charge is 0.254 e. The maximum absolute atomic E-state index is 12.7. The molecule has 23 heavy (non-hydrogen) atoms. The van der Waals surface area contributed by atoms with E-state index >= 15 is 0 Å². The summed E-state index contributed by atoms with van der Waals surface area (Å²) in [5.41, 5.74) is 3.45. The number of anilines is 1. The average Bonchev–Trinajstić information content (AvgIpc) is 3.01. The Hall–Kier alpha value is -2.54. The maximum atomic E-state index is 12.7. The number of hydrogen-bond donors (Lipinski definition) is 0. The molecule has 3 aromatic rings. The Kier molecular flexibility index (Phi) is 3.42. The van der Waals surface area contributed by atoms with Gasteiger partial charge in [-0.3, -0.25) is 9.78 Å². The molecular formula is C16H15N5OS. The number of carbonyl (C=O) groups excluding carboxylic acids is 1. The SMILES string of the molecule is CN(C(=O)c1ccc2ncsc2c1)C1CN(c2cnccn2)C1. The van der Waals surface area contributed by atoms with Crippen LogP contribution in [0.1, 0.15) is 10.4 Å². The Morgan fingerprint density at radius 2 is 2.17 bits per heavy atom. The largest absolute Gasteiger partial charge is 0.351 e. The fourth-order valence-electron chi connectivity index (χ4n) is 2.70. The fourth-order valence-corrected chi connectivity index (χ4v) is 3.42. The van der Waals surface area contributed by atoms with Gasteiger partial charge in [0.25, 0.3) is 5.91 Å². The number of benzene rings is 1. The molecule has 1 aliphatic heterocycles. The normalized spacial score (nSPS) is 14.7. The van der Waals surface area contributed by atoms with Crippen LogP contribution in [0.2, 0.25) is 0 Å². The molecule has 0 bridgehead atoms. The highest BCUT2D eigenvalue weighted by molar-refractivity contribution is 7.16. The van der Waals surface area contributed by atoms with Crippen LogP contribution in [0.25, 0.3) is 10.2 Å². The van der Waals surface area contributed by atoms with Crippen LogP contribution in [0.15, 0.2) is 42.3 Å². The van der Waals surface area contributed by atoms with Crippen molar-refractivity contribution in [2.45, 2.75) is 6.04 Å². The van der Waals surface area contributed by atoms with Crippen LogP contribution in [0.5, 0.6) is 0 Å². The molecule has 0 aliphatic carbocycles. The number of rotatable bonds is 3. The number of amides is 1. The van der Waals surface area contributed by atoms with E-state index in [1.54, 1.807) is 35.4 Å². The topological polar surface area (TPSA) is 62.2 Å². The van der Waals surface area contributed by atoms with Gasteiger partial charge in [-0.15, -0.1) is 11.3 Å². The summed E-state index contributed by atoms with van der Waals surface area (Å²) < 4.78 is 1.04. The standard InChI is InChI=1S/C16H15N5OS/c1-20(12-8-21(9-12)15-7-17-4-5-18-15)16(22)11-2-3-13-14(6-11)23-10-19-13/h2-7,10,12H,8-9H2,1H3. The van der Waals surface area contributed by atoms with E-state index in [0.29, 0.717) is 5.56 Å². The lowest BCUT2D eigenvalue weighted by Gasteiger charge is -2.44. The van der Waals surface area contributed by atoms with Gasteiger partial charge in [-0.05, 0) is 18.2 Å². The minimum absolute atomic E-state index is 0.0455. The van der Waals surface area contributed by atoms with Gasteiger partial charge in [0.05, 0.1) is 28.0 Å². The summed E-state index contributed by atoms with van der Waals surface area (Å²) >= 11 is 1.55. The van der Waals surface area contributed by atoms with Crippen LogP contribution >= 0.6 is 11.3 Å². The van der Waals surface area contributed by atoms with Gasteiger partial charge < -0.3 is 9.80 Å². The third-order valence-corrected chi connectivity index (χ3v) is 4.97. The fraction of sp³-hybridized carbons (Fsp3) is 0.250. The molecule has 0 spiro atoms. The summed E-state index contributed by atoms with van der Waals surface area (Å²) in [4.78, 5) is 29.2. The van der Waals surface area contributed by atoms with E-state index in [2.05, 4.69) is 19.9 Å². The molecule has 0 N–H and O–H groups in total. The summed E-state index contributed by atoms with van der Waals surface area (Å²) in [6.45, 7) is 1.56. The Bertz CT molecular complexity index is 844. The summed E-state index contributed by atoms with van der Waals surface area (Å²) in [5, 5.41) is 0.